The largest absolute Gasteiger partial charge is 0.390 e. The summed E-state index contributed by atoms with van der Waals surface area (Å²) in [4.78, 5) is 168. The molecular formula is C62H111N11O12. The van der Waals surface area contributed by atoms with Crippen molar-refractivity contribution >= 4 is 65.0 Å². The highest BCUT2D eigenvalue weighted by atomic mass is 16.3. The number of allylic oxidation sites excluding steroid dienone is 2. The standard InChI is InChI=1S/C62H111N11O12/c1-20-27-33-40(10)52(75)51-56(79)65-43(26-7)58(81)67(13)38-49(74)68(14)45(34-28-21-2)55(78)66-44(32-25-6)59(82)69(15)46(35-29-22-3)54(77)63-41(11)53(76)64-42(12)57(80)70(16)47(36-30-23-4)60(83)71(17)48(37-31-24-5)61(84)72(18)50(39(8)9)62(85)73(51)19/h20,27,39-48,50-52,75H,21-26,28-38H2,1-19H3,(H,63,77)(H,64,76)(H,65,79)(H,66,78)/b27-20+/t40-,41+,42-,43+,44+,45+,46+,47+,48+,50+,51+,52-/m1/s1. The second kappa shape index (κ2) is 38.1. The molecule has 0 spiro atoms. The molecule has 0 aliphatic carbocycles. The van der Waals surface area contributed by atoms with E-state index < -0.39 is 150 Å². The van der Waals surface area contributed by atoms with Crippen molar-refractivity contribution in [2.75, 3.05) is 55.9 Å². The van der Waals surface area contributed by atoms with Gasteiger partial charge in [0.25, 0.3) is 0 Å². The highest BCUT2D eigenvalue weighted by Gasteiger charge is 2.45. The first kappa shape index (κ1) is 76.9. The van der Waals surface area contributed by atoms with E-state index in [1.54, 1.807) is 40.7 Å². The normalized spacial score (nSPS) is 26.6. The van der Waals surface area contributed by atoms with Gasteiger partial charge >= 0.3 is 0 Å². The van der Waals surface area contributed by atoms with Crippen molar-refractivity contribution in [2.24, 2.45) is 11.8 Å². The molecule has 5 N–H and O–H groups in total. The number of amides is 11. The number of hydrogen-bond donors (Lipinski definition) is 5. The summed E-state index contributed by atoms with van der Waals surface area (Å²) in [6, 6.07) is -12.0. The first-order chi connectivity index (χ1) is 39.9. The zero-order valence-electron chi connectivity index (χ0n) is 55.2. The molecule has 1 fully saturated rings. The van der Waals surface area contributed by atoms with Gasteiger partial charge in [-0.25, -0.2) is 0 Å². The number of nitrogens with one attached hydrogen (secondary N) is 4. The minimum atomic E-state index is -1.60. The lowest BCUT2D eigenvalue weighted by molar-refractivity contribution is -0.157. The fourth-order valence-corrected chi connectivity index (χ4v) is 10.8. The lowest BCUT2D eigenvalue weighted by Gasteiger charge is -2.41. The van der Waals surface area contributed by atoms with Gasteiger partial charge in [-0.15, -0.1) is 0 Å². The number of likely N-dealkylation sites (N-methyl/N-ethyl adjacent to an activating group) is 7. The Bertz CT molecular complexity index is 2250. The van der Waals surface area contributed by atoms with Gasteiger partial charge in [-0.3, -0.25) is 52.7 Å². The van der Waals surface area contributed by atoms with Crippen LogP contribution in [0.25, 0.3) is 0 Å². The molecule has 486 valence electrons. The Labute approximate surface area is 508 Å². The van der Waals surface area contributed by atoms with E-state index in [0.29, 0.717) is 64.2 Å². The van der Waals surface area contributed by atoms with E-state index in [4.69, 9.17) is 0 Å². The summed E-state index contributed by atoms with van der Waals surface area (Å²) in [5, 5.41) is 23.1. The van der Waals surface area contributed by atoms with Gasteiger partial charge in [0.1, 0.15) is 60.4 Å². The number of aliphatic hydroxyl groups excluding tert-OH is 1. The Balaban J connectivity index is 4.28. The van der Waals surface area contributed by atoms with Crippen LogP contribution in [0.4, 0.5) is 0 Å². The summed E-state index contributed by atoms with van der Waals surface area (Å²) < 4.78 is 0. The molecule has 1 rings (SSSR count). The fourth-order valence-electron chi connectivity index (χ4n) is 10.8. The molecule has 85 heavy (non-hydrogen) atoms. The summed E-state index contributed by atoms with van der Waals surface area (Å²) in [5.74, 6) is -8.36. The summed E-state index contributed by atoms with van der Waals surface area (Å²) in [5.41, 5.74) is 0. The average Bonchev–Trinajstić information content (AvgIpc) is 2.43. The van der Waals surface area contributed by atoms with Crippen LogP contribution in [-0.2, 0) is 52.7 Å². The van der Waals surface area contributed by atoms with Crippen LogP contribution in [0.5, 0.6) is 0 Å². The van der Waals surface area contributed by atoms with Crippen LogP contribution in [0.15, 0.2) is 12.2 Å². The van der Waals surface area contributed by atoms with Gasteiger partial charge in [0.05, 0.1) is 12.6 Å². The van der Waals surface area contributed by atoms with Crippen molar-refractivity contribution in [3.8, 4) is 0 Å². The minimum absolute atomic E-state index is 0.0326. The third kappa shape index (κ3) is 22.0. The highest BCUT2D eigenvalue weighted by Crippen LogP contribution is 2.25. The SMILES string of the molecule is C/C=C/C[C@@H](C)[C@@H](O)[C@H]1C(=O)N[C@@H](CC)C(=O)N(C)CC(=O)N(C)[C@@H](CCCC)C(=O)N[C@@H](CCC)C(=O)N(C)[C@@H](CCCC)C(=O)N[C@@H](C)C(=O)N[C@H](C)C(=O)N(C)[C@@H](CCCC)C(=O)N(C)[C@@H](CCCC)C(=O)N(C)[C@@H](C(C)C)C(=O)N1C. The number of hydrogen-bond acceptors (Lipinski definition) is 12. The summed E-state index contributed by atoms with van der Waals surface area (Å²) in [7, 11) is 10.0. The lowest BCUT2D eigenvalue weighted by Crippen LogP contribution is -2.63. The molecule has 0 aromatic rings. The van der Waals surface area contributed by atoms with E-state index >= 15 is 9.59 Å². The summed E-state index contributed by atoms with van der Waals surface area (Å²) >= 11 is 0. The summed E-state index contributed by atoms with van der Waals surface area (Å²) in [6.45, 7) is 20.6. The van der Waals surface area contributed by atoms with Gasteiger partial charge in [-0.05, 0) is 77.6 Å². The molecular weight excluding hydrogens is 1090 g/mol. The lowest BCUT2D eigenvalue weighted by atomic mass is 9.91. The quantitative estimate of drug-likeness (QED) is 0.108. The van der Waals surface area contributed by atoms with Crippen molar-refractivity contribution in [3.05, 3.63) is 12.2 Å². The molecule has 0 aromatic carbocycles. The zero-order chi connectivity index (χ0) is 65.2. The molecule has 1 heterocycles. The number of carbonyl (C=O) groups is 11. The Hall–Kier alpha value is -6.13. The molecule has 0 bridgehead atoms. The van der Waals surface area contributed by atoms with Gasteiger partial charge in [0.15, 0.2) is 0 Å². The average molecular weight is 1200 g/mol. The second-order valence-electron chi connectivity index (χ2n) is 23.8. The van der Waals surface area contributed by atoms with Crippen molar-refractivity contribution < 1.29 is 57.8 Å². The van der Waals surface area contributed by atoms with Crippen molar-refractivity contribution in [1.82, 2.24) is 55.6 Å². The Morgan fingerprint density at radius 2 is 0.882 bits per heavy atom. The van der Waals surface area contributed by atoms with Crippen LogP contribution in [-0.4, -0.2) is 227 Å². The van der Waals surface area contributed by atoms with Crippen LogP contribution in [0.3, 0.4) is 0 Å². The van der Waals surface area contributed by atoms with E-state index in [9.17, 15) is 48.3 Å². The second-order valence-corrected chi connectivity index (χ2v) is 23.8. The highest BCUT2D eigenvalue weighted by molar-refractivity contribution is 5.99. The molecule has 23 nitrogen and oxygen atoms in total. The maximum absolute atomic E-state index is 15.1. The molecule has 23 heteroatoms. The zero-order valence-corrected chi connectivity index (χ0v) is 55.2. The molecule has 1 saturated heterocycles. The predicted molar refractivity (Wildman–Crippen MR) is 329 cm³/mol. The number of nitrogens with zero attached hydrogens (tertiary/aromatic N) is 7. The van der Waals surface area contributed by atoms with E-state index in [1.165, 1.54) is 87.7 Å². The van der Waals surface area contributed by atoms with Crippen LogP contribution in [0, 0.1) is 11.8 Å². The van der Waals surface area contributed by atoms with Crippen molar-refractivity contribution in [2.45, 2.75) is 252 Å². The maximum atomic E-state index is 15.1. The van der Waals surface area contributed by atoms with Gasteiger partial charge in [-0.1, -0.05) is 132 Å². The Morgan fingerprint density at radius 3 is 1.35 bits per heavy atom. The molecule has 1 aliphatic rings. The van der Waals surface area contributed by atoms with E-state index in [1.807, 2.05) is 40.7 Å². The van der Waals surface area contributed by atoms with Gasteiger partial charge in [0.2, 0.25) is 65.0 Å². The fraction of sp³-hybridized carbons (Fsp3) is 0.790. The van der Waals surface area contributed by atoms with Crippen LogP contribution >= 0.6 is 0 Å². The van der Waals surface area contributed by atoms with Gasteiger partial charge < -0.3 is 60.7 Å². The molecule has 0 aromatic heterocycles. The van der Waals surface area contributed by atoms with Crippen LogP contribution in [0.1, 0.15) is 186 Å². The molecule has 11 amide bonds. The number of aliphatic hydroxyl groups is 1. The Morgan fingerprint density at radius 1 is 0.459 bits per heavy atom. The third-order valence-corrected chi connectivity index (χ3v) is 16.6. The number of carbonyl (C=O) groups excluding carboxylic acids is 11. The van der Waals surface area contributed by atoms with Gasteiger partial charge in [-0.2, -0.15) is 0 Å². The first-order valence-electron chi connectivity index (χ1n) is 31.3. The van der Waals surface area contributed by atoms with Crippen molar-refractivity contribution in [1.29, 1.82) is 0 Å². The van der Waals surface area contributed by atoms with Crippen molar-refractivity contribution in [3.63, 3.8) is 0 Å². The first-order valence-corrected chi connectivity index (χ1v) is 31.3. The van der Waals surface area contributed by atoms with E-state index in [0.717, 1.165) is 9.80 Å². The van der Waals surface area contributed by atoms with E-state index in [2.05, 4.69) is 21.3 Å². The molecule has 12 atom stereocenters. The third-order valence-electron chi connectivity index (χ3n) is 16.6. The molecule has 0 saturated carbocycles. The van der Waals surface area contributed by atoms with E-state index in [-0.39, 0.29) is 38.5 Å². The minimum Gasteiger partial charge on any atom is -0.390 e. The number of unbranched alkanes of at least 4 members (excludes halogenated alkanes) is 4. The van der Waals surface area contributed by atoms with Gasteiger partial charge in [0, 0.05) is 49.3 Å². The molecule has 0 unspecified atom stereocenters. The maximum Gasteiger partial charge on any atom is 0.246 e. The monoisotopic (exact) mass is 1200 g/mol. The molecule has 0 radical (unpaired) electrons. The predicted octanol–water partition coefficient (Wildman–Crippen LogP) is 3.99. The van der Waals surface area contributed by atoms with Crippen LogP contribution < -0.4 is 21.3 Å². The molecule has 1 aliphatic heterocycles. The number of rotatable bonds is 20. The summed E-state index contributed by atoms with van der Waals surface area (Å²) in [6.07, 6.45) is 8.62. The topological polar surface area (TPSA) is 279 Å². The smallest absolute Gasteiger partial charge is 0.246 e. The Kier molecular flexibility index (Phi) is 34.5. The van der Waals surface area contributed by atoms with Crippen LogP contribution in [0.2, 0.25) is 0 Å².